The van der Waals surface area contributed by atoms with Crippen molar-refractivity contribution in [3.8, 4) is 11.5 Å². The van der Waals surface area contributed by atoms with Gasteiger partial charge in [0, 0.05) is 6.04 Å². The summed E-state index contributed by atoms with van der Waals surface area (Å²) in [5.74, 6) is 2.18. The third kappa shape index (κ3) is 4.14. The third-order valence-corrected chi connectivity index (χ3v) is 3.89. The summed E-state index contributed by atoms with van der Waals surface area (Å²) in [6.07, 6.45) is 7.57. The molecule has 2 rings (SSSR count). The van der Waals surface area contributed by atoms with Gasteiger partial charge in [-0.1, -0.05) is 38.5 Å². The summed E-state index contributed by atoms with van der Waals surface area (Å²) in [7, 11) is 0. The van der Waals surface area contributed by atoms with Crippen molar-refractivity contribution in [3.63, 3.8) is 0 Å². The minimum Gasteiger partial charge on any atom is -0.486 e. The molecule has 2 unspecified atom stereocenters. The molecule has 2 N–H and O–H groups in total. The molecule has 1 aromatic rings. The fourth-order valence-corrected chi connectivity index (χ4v) is 2.42. The highest BCUT2D eigenvalue weighted by Gasteiger charge is 2.15. The van der Waals surface area contributed by atoms with E-state index in [0.29, 0.717) is 19.1 Å². The monoisotopic (exact) mass is 301 g/mol. The first-order valence-corrected chi connectivity index (χ1v) is 8.07. The van der Waals surface area contributed by atoms with E-state index in [-0.39, 0.29) is 6.04 Å². The van der Waals surface area contributed by atoms with E-state index >= 15 is 0 Å². The molecule has 120 valence electrons. The summed E-state index contributed by atoms with van der Waals surface area (Å²) < 4.78 is 11.4. The van der Waals surface area contributed by atoms with Gasteiger partial charge >= 0.3 is 0 Å². The Morgan fingerprint density at radius 3 is 2.45 bits per heavy atom. The number of rotatable bonds is 5. The van der Waals surface area contributed by atoms with Gasteiger partial charge < -0.3 is 15.2 Å². The number of ether oxygens (including phenoxy) is 2. The normalized spacial score (nSPS) is 17.6. The van der Waals surface area contributed by atoms with E-state index < -0.39 is 0 Å². The molecule has 1 aliphatic heterocycles. The van der Waals surface area contributed by atoms with Crippen molar-refractivity contribution in [2.24, 2.45) is 11.7 Å². The highest BCUT2D eigenvalue weighted by atomic mass is 16.6. The maximum Gasteiger partial charge on any atom is 0.161 e. The average Bonchev–Trinajstić information content (AvgIpc) is 2.50. The van der Waals surface area contributed by atoms with Crippen LogP contribution < -0.4 is 15.2 Å². The SMILES string of the molecule is CCC(C)C=C(C=CC(C)N)c1cc2c(cc1C)OCCO2. The molecule has 22 heavy (non-hydrogen) atoms. The lowest BCUT2D eigenvalue weighted by molar-refractivity contribution is 0.171. The first kappa shape index (κ1) is 16.6. The van der Waals surface area contributed by atoms with Crippen LogP contribution in [0.3, 0.4) is 0 Å². The van der Waals surface area contributed by atoms with E-state index in [1.54, 1.807) is 0 Å². The molecular formula is C19H27NO2. The number of nitrogens with two attached hydrogens (primary N) is 1. The van der Waals surface area contributed by atoms with Crippen LogP contribution in [0.4, 0.5) is 0 Å². The Balaban J connectivity index is 2.44. The first-order chi connectivity index (χ1) is 10.5. The topological polar surface area (TPSA) is 44.5 Å². The van der Waals surface area contributed by atoms with E-state index in [0.717, 1.165) is 17.9 Å². The second-order valence-corrected chi connectivity index (χ2v) is 6.04. The van der Waals surface area contributed by atoms with E-state index in [4.69, 9.17) is 15.2 Å². The lowest BCUT2D eigenvalue weighted by atomic mass is 9.94. The number of allylic oxidation sites excluding steroid dienone is 3. The van der Waals surface area contributed by atoms with Crippen molar-refractivity contribution < 1.29 is 9.47 Å². The van der Waals surface area contributed by atoms with Gasteiger partial charge in [0.15, 0.2) is 11.5 Å². The van der Waals surface area contributed by atoms with Gasteiger partial charge in [0.25, 0.3) is 0 Å². The molecular weight excluding hydrogens is 274 g/mol. The summed E-state index contributed by atoms with van der Waals surface area (Å²) in [4.78, 5) is 0. The van der Waals surface area contributed by atoms with Crippen molar-refractivity contribution >= 4 is 5.57 Å². The molecule has 0 bridgehead atoms. The standard InChI is InChI=1S/C19H27NO2/c1-5-13(2)10-16(7-6-15(4)20)17-12-19-18(11-14(17)3)21-8-9-22-19/h6-7,10-13,15H,5,8-9,20H2,1-4H3. The fraction of sp³-hybridized carbons (Fsp3) is 0.474. The zero-order valence-corrected chi connectivity index (χ0v) is 14.1. The summed E-state index contributed by atoms with van der Waals surface area (Å²) in [6.45, 7) is 9.74. The van der Waals surface area contributed by atoms with E-state index in [1.807, 2.05) is 13.0 Å². The van der Waals surface area contributed by atoms with Crippen LogP contribution in [-0.4, -0.2) is 19.3 Å². The number of fused-ring (bicyclic) bond motifs is 1. The van der Waals surface area contributed by atoms with Crippen LogP contribution in [0, 0.1) is 12.8 Å². The smallest absolute Gasteiger partial charge is 0.161 e. The third-order valence-electron chi connectivity index (χ3n) is 3.89. The summed E-state index contributed by atoms with van der Waals surface area (Å²) >= 11 is 0. The quantitative estimate of drug-likeness (QED) is 0.833. The number of hydrogen-bond acceptors (Lipinski definition) is 3. The molecule has 0 spiro atoms. The minimum atomic E-state index is 0.0397. The molecule has 0 saturated carbocycles. The van der Waals surface area contributed by atoms with Gasteiger partial charge in [-0.05, 0) is 48.6 Å². The molecule has 1 aromatic carbocycles. The summed E-state index contributed by atoms with van der Waals surface area (Å²) in [5, 5.41) is 0. The highest BCUT2D eigenvalue weighted by Crippen LogP contribution is 2.36. The molecule has 0 aliphatic carbocycles. The fourth-order valence-electron chi connectivity index (χ4n) is 2.42. The van der Waals surface area contributed by atoms with Crippen LogP contribution >= 0.6 is 0 Å². The van der Waals surface area contributed by atoms with Gasteiger partial charge in [0.2, 0.25) is 0 Å². The van der Waals surface area contributed by atoms with Crippen LogP contribution in [-0.2, 0) is 0 Å². The molecule has 0 amide bonds. The van der Waals surface area contributed by atoms with Gasteiger partial charge in [-0.2, -0.15) is 0 Å². The first-order valence-electron chi connectivity index (χ1n) is 8.07. The molecule has 2 atom stereocenters. The summed E-state index contributed by atoms with van der Waals surface area (Å²) in [6, 6.07) is 4.19. The number of benzene rings is 1. The van der Waals surface area contributed by atoms with E-state index in [9.17, 15) is 0 Å². The highest BCUT2D eigenvalue weighted by molar-refractivity contribution is 5.78. The maximum absolute atomic E-state index is 5.87. The van der Waals surface area contributed by atoms with Gasteiger partial charge in [0.1, 0.15) is 13.2 Å². The number of hydrogen-bond donors (Lipinski definition) is 1. The van der Waals surface area contributed by atoms with Crippen molar-refractivity contribution in [1.29, 1.82) is 0 Å². The Morgan fingerprint density at radius 1 is 1.23 bits per heavy atom. The second kappa shape index (κ2) is 7.50. The average molecular weight is 301 g/mol. The van der Waals surface area contributed by atoms with Crippen molar-refractivity contribution in [3.05, 3.63) is 41.5 Å². The van der Waals surface area contributed by atoms with Crippen molar-refractivity contribution in [1.82, 2.24) is 0 Å². The lowest BCUT2D eigenvalue weighted by Gasteiger charge is -2.21. The van der Waals surface area contributed by atoms with Gasteiger partial charge in [-0.3, -0.25) is 0 Å². The zero-order chi connectivity index (χ0) is 16.1. The van der Waals surface area contributed by atoms with Gasteiger partial charge in [-0.25, -0.2) is 0 Å². The van der Waals surface area contributed by atoms with Crippen molar-refractivity contribution in [2.75, 3.05) is 13.2 Å². The molecule has 0 aromatic heterocycles. The minimum absolute atomic E-state index is 0.0397. The predicted octanol–water partition coefficient (Wildman–Crippen LogP) is 4.10. The Labute approximate surface area is 133 Å². The van der Waals surface area contributed by atoms with Crippen LogP contribution in [0.2, 0.25) is 0 Å². The van der Waals surface area contributed by atoms with Crippen LogP contribution in [0.15, 0.2) is 30.4 Å². The molecule has 1 heterocycles. The van der Waals surface area contributed by atoms with Crippen molar-refractivity contribution in [2.45, 2.75) is 40.2 Å². The summed E-state index contributed by atoms with van der Waals surface area (Å²) in [5.41, 5.74) is 9.44. The predicted molar refractivity (Wildman–Crippen MR) is 92.4 cm³/mol. The molecule has 1 aliphatic rings. The van der Waals surface area contributed by atoms with Gasteiger partial charge in [0.05, 0.1) is 0 Å². The van der Waals surface area contributed by atoms with E-state index in [2.05, 4.69) is 45.1 Å². The molecule has 0 fully saturated rings. The largest absolute Gasteiger partial charge is 0.486 e. The van der Waals surface area contributed by atoms with Gasteiger partial charge in [-0.15, -0.1) is 0 Å². The zero-order valence-electron chi connectivity index (χ0n) is 14.1. The molecule has 0 saturated heterocycles. The Bertz CT molecular complexity index is 573. The molecule has 0 radical (unpaired) electrons. The van der Waals surface area contributed by atoms with Crippen LogP contribution in [0.5, 0.6) is 11.5 Å². The second-order valence-electron chi connectivity index (χ2n) is 6.04. The molecule has 3 heteroatoms. The van der Waals surface area contributed by atoms with Crippen LogP contribution in [0.1, 0.15) is 38.3 Å². The van der Waals surface area contributed by atoms with E-state index in [1.165, 1.54) is 16.7 Å². The Hall–Kier alpha value is -1.74. The Kier molecular flexibility index (Phi) is 5.67. The molecule has 3 nitrogen and oxygen atoms in total. The Morgan fingerprint density at radius 2 is 1.86 bits per heavy atom. The number of aryl methyl sites for hydroxylation is 1. The lowest BCUT2D eigenvalue weighted by Crippen LogP contribution is -2.15. The maximum atomic E-state index is 5.87. The van der Waals surface area contributed by atoms with Crippen LogP contribution in [0.25, 0.3) is 5.57 Å².